The van der Waals surface area contributed by atoms with Gasteiger partial charge in [-0.25, -0.2) is 4.79 Å². The summed E-state index contributed by atoms with van der Waals surface area (Å²) >= 11 is 0. The number of hydrogen-bond donors (Lipinski definition) is 0. The van der Waals surface area contributed by atoms with Gasteiger partial charge in [0, 0.05) is 25.8 Å². The first-order chi connectivity index (χ1) is 13.0. The average molecular weight is 367 g/mol. The Kier molecular flexibility index (Phi) is 5.91. The minimum atomic E-state index is -0.346. The molecule has 27 heavy (non-hydrogen) atoms. The lowest BCUT2D eigenvalue weighted by molar-refractivity contribution is 0.0269. The number of methoxy groups -OCH3 is 2. The zero-order chi connectivity index (χ0) is 19.4. The molecule has 1 saturated heterocycles. The summed E-state index contributed by atoms with van der Waals surface area (Å²) in [5.41, 5.74) is 4.23. The molecule has 0 aliphatic carbocycles. The van der Waals surface area contributed by atoms with Crippen LogP contribution >= 0.6 is 0 Å². The molecular formula is C22H25NO4. The molecular weight excluding hydrogens is 342 g/mol. The molecule has 0 spiro atoms. The summed E-state index contributed by atoms with van der Waals surface area (Å²) in [7, 11) is 3.07. The van der Waals surface area contributed by atoms with Crippen LogP contribution in [0.4, 0.5) is 0 Å². The Labute approximate surface area is 159 Å². The van der Waals surface area contributed by atoms with Crippen LogP contribution in [-0.4, -0.2) is 50.2 Å². The first kappa shape index (κ1) is 19.1. The fraction of sp³-hybridized carbons (Fsp3) is 0.364. The van der Waals surface area contributed by atoms with Crippen LogP contribution in [0.15, 0.2) is 42.5 Å². The highest BCUT2D eigenvalue weighted by atomic mass is 16.5. The van der Waals surface area contributed by atoms with Crippen molar-refractivity contribution in [2.75, 3.05) is 27.3 Å². The standard InChI is InChI=1S/C22H25NO4/c1-15-13-18(22(25)27-3)10-11-20(15)16-6-8-17(9-7-16)21(24)23-12-4-5-19(14-23)26-2/h6-11,13,19H,4-5,12,14H2,1-3H3/t19-/m1/s1. The number of carbonyl (C=O) groups excluding carboxylic acids is 2. The number of ether oxygens (including phenoxy) is 2. The Morgan fingerprint density at radius 1 is 1.04 bits per heavy atom. The second-order valence-corrected chi connectivity index (χ2v) is 6.85. The zero-order valence-corrected chi connectivity index (χ0v) is 16.0. The van der Waals surface area contributed by atoms with E-state index in [1.165, 1.54) is 7.11 Å². The molecule has 0 unspecified atom stereocenters. The highest BCUT2D eigenvalue weighted by Crippen LogP contribution is 2.25. The van der Waals surface area contributed by atoms with Gasteiger partial charge in [0.25, 0.3) is 5.91 Å². The first-order valence-corrected chi connectivity index (χ1v) is 9.15. The summed E-state index contributed by atoms with van der Waals surface area (Å²) in [4.78, 5) is 26.3. The van der Waals surface area contributed by atoms with Gasteiger partial charge in [0.1, 0.15) is 0 Å². The molecule has 0 N–H and O–H groups in total. The molecule has 0 bridgehead atoms. The predicted molar refractivity (Wildman–Crippen MR) is 104 cm³/mol. The van der Waals surface area contributed by atoms with E-state index in [-0.39, 0.29) is 18.0 Å². The van der Waals surface area contributed by atoms with Gasteiger partial charge < -0.3 is 14.4 Å². The number of esters is 1. The third kappa shape index (κ3) is 4.19. The fourth-order valence-electron chi connectivity index (χ4n) is 3.52. The van der Waals surface area contributed by atoms with E-state index in [0.29, 0.717) is 17.7 Å². The number of piperidine rings is 1. The summed E-state index contributed by atoms with van der Waals surface area (Å²) in [6, 6.07) is 13.1. The van der Waals surface area contributed by atoms with Crippen molar-refractivity contribution in [3.05, 3.63) is 59.2 Å². The highest BCUT2D eigenvalue weighted by Gasteiger charge is 2.24. The monoisotopic (exact) mass is 367 g/mol. The number of nitrogens with zero attached hydrogens (tertiary/aromatic N) is 1. The lowest BCUT2D eigenvalue weighted by atomic mass is 9.97. The van der Waals surface area contributed by atoms with E-state index >= 15 is 0 Å². The maximum absolute atomic E-state index is 12.7. The number of carbonyl (C=O) groups is 2. The molecule has 5 nitrogen and oxygen atoms in total. The van der Waals surface area contributed by atoms with Crippen LogP contribution in [-0.2, 0) is 9.47 Å². The lowest BCUT2D eigenvalue weighted by Crippen LogP contribution is -2.42. The van der Waals surface area contributed by atoms with Crippen LogP contribution in [0.3, 0.4) is 0 Å². The average Bonchev–Trinajstić information content (AvgIpc) is 2.72. The molecule has 1 heterocycles. The fourth-order valence-corrected chi connectivity index (χ4v) is 3.52. The Hall–Kier alpha value is -2.66. The van der Waals surface area contributed by atoms with Crippen molar-refractivity contribution in [2.45, 2.75) is 25.9 Å². The summed E-state index contributed by atoms with van der Waals surface area (Å²) < 4.78 is 10.2. The Morgan fingerprint density at radius 3 is 2.37 bits per heavy atom. The van der Waals surface area contributed by atoms with Crippen molar-refractivity contribution in [1.29, 1.82) is 0 Å². The van der Waals surface area contributed by atoms with Gasteiger partial charge in [0.2, 0.25) is 0 Å². The molecule has 1 atom stereocenters. The van der Waals surface area contributed by atoms with E-state index in [0.717, 1.165) is 36.1 Å². The van der Waals surface area contributed by atoms with Gasteiger partial charge >= 0.3 is 5.97 Å². The molecule has 2 aromatic rings. The topological polar surface area (TPSA) is 55.8 Å². The van der Waals surface area contributed by atoms with E-state index in [1.807, 2.05) is 48.2 Å². The molecule has 0 saturated carbocycles. The van der Waals surface area contributed by atoms with Gasteiger partial charge in [-0.1, -0.05) is 18.2 Å². The van der Waals surface area contributed by atoms with E-state index < -0.39 is 0 Å². The van der Waals surface area contributed by atoms with Gasteiger partial charge in [-0.15, -0.1) is 0 Å². The smallest absolute Gasteiger partial charge is 0.337 e. The van der Waals surface area contributed by atoms with Crippen molar-refractivity contribution in [1.82, 2.24) is 4.90 Å². The molecule has 2 aromatic carbocycles. The maximum Gasteiger partial charge on any atom is 0.337 e. The number of hydrogen-bond acceptors (Lipinski definition) is 4. The van der Waals surface area contributed by atoms with E-state index in [9.17, 15) is 9.59 Å². The van der Waals surface area contributed by atoms with Gasteiger partial charge in [0.05, 0.1) is 18.8 Å². The van der Waals surface area contributed by atoms with Gasteiger partial charge in [-0.3, -0.25) is 4.79 Å². The van der Waals surface area contributed by atoms with E-state index in [2.05, 4.69) is 0 Å². The van der Waals surface area contributed by atoms with Gasteiger partial charge in [0.15, 0.2) is 0 Å². The molecule has 1 fully saturated rings. The second-order valence-electron chi connectivity index (χ2n) is 6.85. The molecule has 1 amide bonds. The van der Waals surface area contributed by atoms with Crippen molar-refractivity contribution in [3.63, 3.8) is 0 Å². The number of amides is 1. The number of likely N-dealkylation sites (tertiary alicyclic amines) is 1. The van der Waals surface area contributed by atoms with E-state index in [1.54, 1.807) is 13.2 Å². The molecule has 142 valence electrons. The van der Waals surface area contributed by atoms with Crippen LogP contribution in [0.2, 0.25) is 0 Å². The summed E-state index contributed by atoms with van der Waals surface area (Å²) in [6.45, 7) is 3.37. The Bertz CT molecular complexity index is 829. The van der Waals surface area contributed by atoms with Gasteiger partial charge in [-0.05, 0) is 60.7 Å². The van der Waals surface area contributed by atoms with Crippen LogP contribution < -0.4 is 0 Å². The second kappa shape index (κ2) is 8.35. The molecule has 1 aliphatic rings. The van der Waals surface area contributed by atoms with Gasteiger partial charge in [-0.2, -0.15) is 0 Å². The summed E-state index contributed by atoms with van der Waals surface area (Å²) in [5.74, 6) is -0.303. The molecule has 0 aromatic heterocycles. The van der Waals surface area contributed by atoms with E-state index in [4.69, 9.17) is 9.47 Å². The number of aryl methyl sites for hydroxylation is 1. The zero-order valence-electron chi connectivity index (χ0n) is 16.0. The molecule has 3 rings (SSSR count). The minimum absolute atomic E-state index is 0.0426. The van der Waals surface area contributed by atoms with Crippen molar-refractivity contribution >= 4 is 11.9 Å². The van der Waals surface area contributed by atoms with Crippen LogP contribution in [0.1, 0.15) is 39.1 Å². The minimum Gasteiger partial charge on any atom is -0.465 e. The van der Waals surface area contributed by atoms with Crippen molar-refractivity contribution in [3.8, 4) is 11.1 Å². The highest BCUT2D eigenvalue weighted by molar-refractivity contribution is 5.95. The molecule has 5 heteroatoms. The Balaban J connectivity index is 1.77. The quantitative estimate of drug-likeness (QED) is 0.773. The number of benzene rings is 2. The Morgan fingerprint density at radius 2 is 1.74 bits per heavy atom. The predicted octanol–water partition coefficient (Wildman–Crippen LogP) is 3.70. The maximum atomic E-state index is 12.7. The largest absolute Gasteiger partial charge is 0.465 e. The lowest BCUT2D eigenvalue weighted by Gasteiger charge is -2.32. The third-order valence-electron chi connectivity index (χ3n) is 5.09. The number of rotatable bonds is 4. The molecule has 0 radical (unpaired) electrons. The SMILES string of the molecule is COC(=O)c1ccc(-c2ccc(C(=O)N3CCC[C@@H](OC)C3)cc2)c(C)c1. The summed E-state index contributed by atoms with van der Waals surface area (Å²) in [5, 5.41) is 0. The van der Waals surface area contributed by atoms with Crippen molar-refractivity contribution < 1.29 is 19.1 Å². The first-order valence-electron chi connectivity index (χ1n) is 9.15. The summed E-state index contributed by atoms with van der Waals surface area (Å²) in [6.07, 6.45) is 2.09. The molecule has 1 aliphatic heterocycles. The van der Waals surface area contributed by atoms with Crippen LogP contribution in [0.5, 0.6) is 0 Å². The van der Waals surface area contributed by atoms with Crippen LogP contribution in [0, 0.1) is 6.92 Å². The van der Waals surface area contributed by atoms with Crippen molar-refractivity contribution in [2.24, 2.45) is 0 Å². The third-order valence-corrected chi connectivity index (χ3v) is 5.09. The van der Waals surface area contributed by atoms with Crippen LogP contribution in [0.25, 0.3) is 11.1 Å². The normalized spacial score (nSPS) is 16.9.